The van der Waals surface area contributed by atoms with Crippen molar-refractivity contribution in [2.45, 2.75) is 40.5 Å². The van der Waals surface area contributed by atoms with Crippen LogP contribution in [0.4, 0.5) is 0 Å². The lowest BCUT2D eigenvalue weighted by atomic mass is 9.87. The second kappa shape index (κ2) is 15.3. The SMILES string of the molecule is C/C=C/n1nc(CC(C(=O)O)C2C=CC=CC(C)=C2)cc1-c1ccc(Oc2ccccc2)cc1.C=CCC(C)C. The number of aromatic nitrogens is 2. The van der Waals surface area contributed by atoms with Crippen LogP contribution in [0.15, 0.2) is 115 Å². The molecule has 2 unspecified atom stereocenters. The van der Waals surface area contributed by atoms with Gasteiger partial charge in [0.25, 0.3) is 0 Å². The van der Waals surface area contributed by atoms with Crippen molar-refractivity contribution in [1.82, 2.24) is 9.78 Å². The van der Waals surface area contributed by atoms with Crippen LogP contribution in [-0.2, 0) is 11.2 Å². The third-order valence-electron chi connectivity index (χ3n) is 6.31. The van der Waals surface area contributed by atoms with Gasteiger partial charge in [-0.1, -0.05) is 80.2 Å². The van der Waals surface area contributed by atoms with E-state index in [1.807, 2.05) is 123 Å². The summed E-state index contributed by atoms with van der Waals surface area (Å²) in [6, 6.07) is 19.4. The van der Waals surface area contributed by atoms with Gasteiger partial charge in [0.1, 0.15) is 11.5 Å². The molecule has 0 bridgehead atoms. The smallest absolute Gasteiger partial charge is 0.307 e. The van der Waals surface area contributed by atoms with Crippen LogP contribution >= 0.6 is 0 Å². The Bertz CT molecular complexity index is 1360. The number of carboxylic acids is 1. The molecule has 5 heteroatoms. The number of carbonyl (C=O) groups is 1. The fourth-order valence-electron chi connectivity index (χ4n) is 4.35. The molecular formula is C35H40N2O3. The summed E-state index contributed by atoms with van der Waals surface area (Å²) in [7, 11) is 0. The van der Waals surface area contributed by atoms with E-state index in [0.717, 1.165) is 46.4 Å². The quantitative estimate of drug-likeness (QED) is 0.263. The van der Waals surface area contributed by atoms with Crippen molar-refractivity contribution in [2.24, 2.45) is 17.8 Å². The van der Waals surface area contributed by atoms with Gasteiger partial charge in [0.2, 0.25) is 0 Å². The first-order chi connectivity index (χ1) is 19.3. The molecule has 1 heterocycles. The van der Waals surface area contributed by atoms with Crippen molar-refractivity contribution < 1.29 is 14.6 Å². The molecule has 1 N–H and O–H groups in total. The van der Waals surface area contributed by atoms with Gasteiger partial charge in [-0.05, 0) is 68.7 Å². The van der Waals surface area contributed by atoms with E-state index in [0.29, 0.717) is 6.42 Å². The normalized spacial score (nSPS) is 15.2. The van der Waals surface area contributed by atoms with Gasteiger partial charge < -0.3 is 9.84 Å². The highest BCUT2D eigenvalue weighted by atomic mass is 16.5. The Balaban J connectivity index is 0.000000663. The van der Waals surface area contributed by atoms with Crippen LogP contribution < -0.4 is 4.74 Å². The van der Waals surface area contributed by atoms with E-state index >= 15 is 0 Å². The highest BCUT2D eigenvalue weighted by molar-refractivity contribution is 5.72. The molecule has 5 nitrogen and oxygen atoms in total. The summed E-state index contributed by atoms with van der Waals surface area (Å²) in [5, 5.41) is 14.7. The fraction of sp³-hybridized carbons (Fsp3) is 0.257. The van der Waals surface area contributed by atoms with Crippen molar-refractivity contribution in [2.75, 3.05) is 0 Å². The Morgan fingerprint density at radius 3 is 2.40 bits per heavy atom. The average Bonchev–Trinajstić information content (AvgIpc) is 3.19. The highest BCUT2D eigenvalue weighted by Gasteiger charge is 2.27. The van der Waals surface area contributed by atoms with Crippen LogP contribution in [0.5, 0.6) is 11.5 Å². The van der Waals surface area contributed by atoms with Crippen molar-refractivity contribution in [3.63, 3.8) is 0 Å². The van der Waals surface area contributed by atoms with Gasteiger partial charge >= 0.3 is 5.97 Å². The predicted molar refractivity (Wildman–Crippen MR) is 165 cm³/mol. The summed E-state index contributed by atoms with van der Waals surface area (Å²) in [6.07, 6.45) is 17.0. The molecule has 4 rings (SSSR count). The summed E-state index contributed by atoms with van der Waals surface area (Å²) < 4.78 is 7.70. The van der Waals surface area contributed by atoms with Gasteiger partial charge in [-0.15, -0.1) is 6.58 Å². The number of carboxylic acid groups (broad SMARTS) is 1. The van der Waals surface area contributed by atoms with Crippen LogP contribution in [0.25, 0.3) is 17.5 Å². The number of hydrogen-bond acceptors (Lipinski definition) is 3. The molecule has 0 spiro atoms. The maximum Gasteiger partial charge on any atom is 0.307 e. The average molecular weight is 537 g/mol. The van der Waals surface area contributed by atoms with E-state index in [2.05, 4.69) is 20.4 Å². The van der Waals surface area contributed by atoms with Crippen LogP contribution in [0.3, 0.4) is 0 Å². The predicted octanol–water partition coefficient (Wildman–Crippen LogP) is 8.98. The molecular weight excluding hydrogens is 496 g/mol. The summed E-state index contributed by atoms with van der Waals surface area (Å²) in [6.45, 7) is 11.9. The van der Waals surface area contributed by atoms with Crippen LogP contribution in [-0.4, -0.2) is 20.9 Å². The van der Waals surface area contributed by atoms with Gasteiger partial charge in [-0.3, -0.25) is 4.79 Å². The second-order valence-corrected chi connectivity index (χ2v) is 10.2. The maximum atomic E-state index is 12.2. The minimum absolute atomic E-state index is 0.197. The third-order valence-corrected chi connectivity index (χ3v) is 6.31. The number of ether oxygens (including phenoxy) is 1. The lowest BCUT2D eigenvalue weighted by Crippen LogP contribution is -2.24. The zero-order valence-electron chi connectivity index (χ0n) is 23.9. The topological polar surface area (TPSA) is 64.4 Å². The van der Waals surface area contributed by atoms with Gasteiger partial charge in [-0.2, -0.15) is 5.10 Å². The number of para-hydroxylation sites is 1. The maximum absolute atomic E-state index is 12.2. The Kier molecular flexibility index (Phi) is 11.5. The standard InChI is InChI=1S/C29H28N2O3.C6H12/c1-3-17-31-28(22-13-15-26(16-14-22)34-25-11-5-4-6-12-25)20-24(30-31)19-27(29(32)33)23-10-8-7-9-21(2)18-23;1-4-5-6(2)3/h3-18,20,23,27H,19H2,1-2H3,(H,32,33);4,6H,1,5H2,2-3H3/b17-3+;. The number of hydrogen-bond donors (Lipinski definition) is 1. The first kappa shape index (κ1) is 30.2. The molecule has 40 heavy (non-hydrogen) atoms. The molecule has 2 aromatic carbocycles. The Morgan fingerprint density at radius 2 is 1.80 bits per heavy atom. The number of rotatable bonds is 10. The molecule has 0 aliphatic heterocycles. The molecule has 0 saturated carbocycles. The molecule has 2 atom stereocenters. The van der Waals surface area contributed by atoms with Crippen LogP contribution in [0, 0.1) is 17.8 Å². The van der Waals surface area contributed by atoms with Crippen molar-refractivity contribution >= 4 is 12.2 Å². The summed E-state index contributed by atoms with van der Waals surface area (Å²) in [5.74, 6) is 0.678. The Hall–Kier alpha value is -4.38. The second-order valence-electron chi connectivity index (χ2n) is 10.2. The van der Waals surface area contributed by atoms with Gasteiger partial charge in [-0.25, -0.2) is 4.68 Å². The Labute approximate surface area is 238 Å². The molecule has 1 aliphatic rings. The molecule has 0 radical (unpaired) electrons. The van der Waals surface area contributed by atoms with E-state index in [4.69, 9.17) is 9.84 Å². The number of aliphatic carboxylic acids is 1. The first-order valence-electron chi connectivity index (χ1n) is 13.7. The monoisotopic (exact) mass is 536 g/mol. The Morgan fingerprint density at radius 1 is 1.10 bits per heavy atom. The molecule has 3 aromatic rings. The summed E-state index contributed by atoms with van der Waals surface area (Å²) >= 11 is 0. The van der Waals surface area contributed by atoms with Gasteiger partial charge in [0.15, 0.2) is 0 Å². The van der Waals surface area contributed by atoms with Crippen molar-refractivity contribution in [1.29, 1.82) is 0 Å². The summed E-state index contributed by atoms with van der Waals surface area (Å²) in [4.78, 5) is 12.2. The molecule has 1 aliphatic carbocycles. The molecule has 0 fully saturated rings. The molecule has 0 amide bonds. The first-order valence-corrected chi connectivity index (χ1v) is 13.7. The van der Waals surface area contributed by atoms with E-state index in [9.17, 15) is 9.90 Å². The minimum atomic E-state index is -0.829. The van der Waals surface area contributed by atoms with Gasteiger partial charge in [0.05, 0.1) is 17.3 Å². The van der Waals surface area contributed by atoms with Crippen LogP contribution in [0.1, 0.15) is 39.8 Å². The zero-order valence-corrected chi connectivity index (χ0v) is 23.9. The highest BCUT2D eigenvalue weighted by Crippen LogP contribution is 2.29. The number of benzene rings is 2. The van der Waals surface area contributed by atoms with E-state index in [1.165, 1.54) is 0 Å². The van der Waals surface area contributed by atoms with E-state index in [-0.39, 0.29) is 5.92 Å². The lowest BCUT2D eigenvalue weighted by Gasteiger charge is -2.17. The summed E-state index contributed by atoms with van der Waals surface area (Å²) in [5.41, 5.74) is 3.66. The molecule has 208 valence electrons. The van der Waals surface area contributed by atoms with Gasteiger partial charge in [0, 0.05) is 24.1 Å². The number of nitrogens with zero attached hydrogens (tertiary/aromatic N) is 2. The lowest BCUT2D eigenvalue weighted by molar-refractivity contribution is -0.142. The van der Waals surface area contributed by atoms with Crippen LogP contribution in [0.2, 0.25) is 0 Å². The van der Waals surface area contributed by atoms with Crippen molar-refractivity contribution in [3.05, 3.63) is 121 Å². The zero-order chi connectivity index (χ0) is 28.9. The largest absolute Gasteiger partial charge is 0.481 e. The third kappa shape index (κ3) is 9.12. The molecule has 0 saturated heterocycles. The van der Waals surface area contributed by atoms with E-state index in [1.54, 1.807) is 4.68 Å². The molecule has 1 aromatic heterocycles. The van der Waals surface area contributed by atoms with E-state index < -0.39 is 11.9 Å². The fourth-order valence-corrected chi connectivity index (χ4v) is 4.35. The number of allylic oxidation sites excluding steroid dienone is 8. The minimum Gasteiger partial charge on any atom is -0.481 e. The van der Waals surface area contributed by atoms with Crippen molar-refractivity contribution in [3.8, 4) is 22.8 Å².